The monoisotopic (exact) mass is 258 g/mol. The third-order valence-electron chi connectivity index (χ3n) is 3.56. The van der Waals surface area contributed by atoms with Gasteiger partial charge in [-0.2, -0.15) is 0 Å². The Labute approximate surface area is 112 Å². The fourth-order valence-corrected chi connectivity index (χ4v) is 2.59. The molecule has 0 saturated carbocycles. The molecule has 1 aliphatic rings. The maximum atomic E-state index is 9.93. The van der Waals surface area contributed by atoms with Gasteiger partial charge in [-0.05, 0) is 30.5 Å². The molecule has 1 unspecified atom stereocenters. The van der Waals surface area contributed by atoms with E-state index in [1.165, 1.54) is 5.56 Å². The number of aliphatic hydroxyl groups is 1. The molecule has 2 heterocycles. The van der Waals surface area contributed by atoms with Crippen LogP contribution in [0.4, 0.5) is 0 Å². The molecule has 3 rings (SSSR count). The van der Waals surface area contributed by atoms with Crippen LogP contribution in [0.2, 0.25) is 0 Å². The highest BCUT2D eigenvalue weighted by molar-refractivity contribution is 5.31. The highest BCUT2D eigenvalue weighted by Gasteiger charge is 2.19. The van der Waals surface area contributed by atoms with Crippen LogP contribution in [0.25, 0.3) is 0 Å². The van der Waals surface area contributed by atoms with Gasteiger partial charge in [0.2, 0.25) is 0 Å². The predicted octanol–water partition coefficient (Wildman–Crippen LogP) is 2.31. The lowest BCUT2D eigenvalue weighted by atomic mass is 10.1. The summed E-state index contributed by atoms with van der Waals surface area (Å²) < 4.78 is 7.13. The molecule has 1 N–H and O–H groups in total. The fraction of sp³-hybridized carbons (Fsp3) is 0.400. The lowest BCUT2D eigenvalue weighted by molar-refractivity contribution is 0.0780. The van der Waals surface area contributed by atoms with Crippen molar-refractivity contribution in [3.63, 3.8) is 0 Å². The van der Waals surface area contributed by atoms with Gasteiger partial charge in [-0.15, -0.1) is 0 Å². The third-order valence-corrected chi connectivity index (χ3v) is 3.56. The Bertz CT molecular complexity index is 577. The molecule has 0 aliphatic carbocycles. The van der Waals surface area contributed by atoms with Gasteiger partial charge >= 0.3 is 0 Å². The predicted molar refractivity (Wildman–Crippen MR) is 72.2 cm³/mol. The van der Waals surface area contributed by atoms with Crippen LogP contribution >= 0.6 is 0 Å². The second-order valence-corrected chi connectivity index (χ2v) is 4.96. The standard InChI is InChI=1S/C15H18N2O2/c1-19-13-5-2-4-11(9-13)8-12-10-17-14(16-12)6-3-7-15(17)18/h2,4-5,9-10,15,18H,3,6-8H2,1H3. The van der Waals surface area contributed by atoms with E-state index in [9.17, 15) is 5.11 Å². The average molecular weight is 258 g/mol. The highest BCUT2D eigenvalue weighted by Crippen LogP contribution is 2.24. The minimum Gasteiger partial charge on any atom is -0.497 e. The number of aliphatic hydroxyl groups excluding tert-OH is 1. The summed E-state index contributed by atoms with van der Waals surface area (Å²) in [5, 5.41) is 9.93. The van der Waals surface area contributed by atoms with Gasteiger partial charge in [-0.3, -0.25) is 0 Å². The zero-order valence-corrected chi connectivity index (χ0v) is 11.0. The van der Waals surface area contributed by atoms with E-state index in [4.69, 9.17) is 4.74 Å². The number of methoxy groups -OCH3 is 1. The fourth-order valence-electron chi connectivity index (χ4n) is 2.59. The average Bonchev–Trinajstić information content (AvgIpc) is 2.83. The zero-order chi connectivity index (χ0) is 13.2. The molecule has 0 spiro atoms. The molecule has 1 aliphatic heterocycles. The number of aryl methyl sites for hydroxylation is 1. The Morgan fingerprint density at radius 1 is 1.47 bits per heavy atom. The molecule has 19 heavy (non-hydrogen) atoms. The van der Waals surface area contributed by atoms with Crippen molar-refractivity contribution in [1.82, 2.24) is 9.55 Å². The Morgan fingerprint density at radius 2 is 2.37 bits per heavy atom. The Hall–Kier alpha value is -1.81. The van der Waals surface area contributed by atoms with E-state index in [1.807, 2.05) is 29.0 Å². The molecule has 4 nitrogen and oxygen atoms in total. The smallest absolute Gasteiger partial charge is 0.131 e. The number of benzene rings is 1. The first-order valence-corrected chi connectivity index (χ1v) is 6.64. The number of imidazole rings is 1. The van der Waals surface area contributed by atoms with Gasteiger partial charge in [0.15, 0.2) is 0 Å². The highest BCUT2D eigenvalue weighted by atomic mass is 16.5. The SMILES string of the molecule is COc1cccc(Cc2cn3c(n2)CCCC3O)c1. The molecule has 1 aromatic carbocycles. The molecule has 1 atom stereocenters. The number of hydrogen-bond acceptors (Lipinski definition) is 3. The van der Waals surface area contributed by atoms with Crippen LogP contribution < -0.4 is 4.74 Å². The van der Waals surface area contributed by atoms with Crippen molar-refractivity contribution >= 4 is 0 Å². The first-order valence-electron chi connectivity index (χ1n) is 6.64. The summed E-state index contributed by atoms with van der Waals surface area (Å²) >= 11 is 0. The summed E-state index contributed by atoms with van der Waals surface area (Å²) in [5.74, 6) is 1.86. The van der Waals surface area contributed by atoms with Crippen LogP contribution in [0.5, 0.6) is 5.75 Å². The van der Waals surface area contributed by atoms with Gasteiger partial charge in [0.25, 0.3) is 0 Å². The molecular weight excluding hydrogens is 240 g/mol. The molecule has 0 fully saturated rings. The van der Waals surface area contributed by atoms with Gasteiger partial charge in [-0.25, -0.2) is 4.98 Å². The number of ether oxygens (including phenoxy) is 1. The molecular formula is C15H18N2O2. The minimum atomic E-state index is -0.407. The second-order valence-electron chi connectivity index (χ2n) is 4.96. The van der Waals surface area contributed by atoms with E-state index in [0.29, 0.717) is 0 Å². The molecule has 0 amide bonds. The maximum Gasteiger partial charge on any atom is 0.131 e. The molecule has 0 bridgehead atoms. The summed E-state index contributed by atoms with van der Waals surface area (Å²) in [6.07, 6.45) is 5.12. The lowest BCUT2D eigenvalue weighted by Crippen LogP contribution is -2.16. The van der Waals surface area contributed by atoms with Crippen LogP contribution in [-0.4, -0.2) is 21.8 Å². The third kappa shape index (κ3) is 2.49. The van der Waals surface area contributed by atoms with E-state index >= 15 is 0 Å². The molecule has 4 heteroatoms. The first-order chi connectivity index (χ1) is 9.26. The summed E-state index contributed by atoms with van der Waals surface area (Å²) in [6.45, 7) is 0. The van der Waals surface area contributed by atoms with Crippen LogP contribution in [0, 0.1) is 0 Å². The first kappa shape index (κ1) is 12.2. The second kappa shape index (κ2) is 5.05. The Balaban J connectivity index is 1.83. The van der Waals surface area contributed by atoms with E-state index in [-0.39, 0.29) is 0 Å². The van der Waals surface area contributed by atoms with E-state index in [1.54, 1.807) is 7.11 Å². The number of aromatic nitrogens is 2. The minimum absolute atomic E-state index is 0.407. The number of hydrogen-bond donors (Lipinski definition) is 1. The van der Waals surface area contributed by atoms with Crippen LogP contribution in [0.3, 0.4) is 0 Å². The number of nitrogens with zero attached hydrogens (tertiary/aromatic N) is 2. The summed E-state index contributed by atoms with van der Waals surface area (Å²) in [4.78, 5) is 4.61. The van der Waals surface area contributed by atoms with Crippen molar-refractivity contribution in [2.24, 2.45) is 0 Å². The largest absolute Gasteiger partial charge is 0.497 e. The normalized spacial score (nSPS) is 18.1. The quantitative estimate of drug-likeness (QED) is 0.919. The van der Waals surface area contributed by atoms with Gasteiger partial charge < -0.3 is 14.4 Å². The van der Waals surface area contributed by atoms with E-state index in [0.717, 1.165) is 43.0 Å². The Kier molecular flexibility index (Phi) is 3.25. The summed E-state index contributed by atoms with van der Waals surface area (Å²) in [7, 11) is 1.67. The molecule has 2 aromatic rings. The zero-order valence-electron chi connectivity index (χ0n) is 11.0. The van der Waals surface area contributed by atoms with E-state index in [2.05, 4.69) is 11.1 Å². The van der Waals surface area contributed by atoms with Crippen LogP contribution in [0.1, 0.15) is 36.2 Å². The van der Waals surface area contributed by atoms with Gasteiger partial charge in [0.05, 0.1) is 12.8 Å². The molecule has 0 saturated heterocycles. The van der Waals surface area contributed by atoms with Crippen LogP contribution in [0.15, 0.2) is 30.5 Å². The molecule has 0 radical (unpaired) electrons. The summed E-state index contributed by atoms with van der Waals surface area (Å²) in [6, 6.07) is 8.01. The van der Waals surface area contributed by atoms with Crippen molar-refractivity contribution in [3.05, 3.63) is 47.5 Å². The van der Waals surface area contributed by atoms with Crippen LogP contribution in [-0.2, 0) is 12.8 Å². The van der Waals surface area contributed by atoms with Crippen molar-refractivity contribution in [2.75, 3.05) is 7.11 Å². The van der Waals surface area contributed by atoms with Crippen molar-refractivity contribution in [2.45, 2.75) is 31.9 Å². The number of fused-ring (bicyclic) bond motifs is 1. The maximum absolute atomic E-state index is 9.93. The Morgan fingerprint density at radius 3 is 3.16 bits per heavy atom. The van der Waals surface area contributed by atoms with Crippen molar-refractivity contribution < 1.29 is 9.84 Å². The van der Waals surface area contributed by atoms with Gasteiger partial charge in [0, 0.05) is 19.0 Å². The number of rotatable bonds is 3. The molecule has 100 valence electrons. The van der Waals surface area contributed by atoms with Gasteiger partial charge in [-0.1, -0.05) is 12.1 Å². The van der Waals surface area contributed by atoms with E-state index < -0.39 is 6.23 Å². The van der Waals surface area contributed by atoms with Crippen molar-refractivity contribution in [1.29, 1.82) is 0 Å². The van der Waals surface area contributed by atoms with Crippen molar-refractivity contribution in [3.8, 4) is 5.75 Å². The molecule has 1 aromatic heterocycles. The lowest BCUT2D eigenvalue weighted by Gasteiger charge is -2.19. The summed E-state index contributed by atoms with van der Waals surface area (Å²) in [5.41, 5.74) is 2.17. The topological polar surface area (TPSA) is 47.3 Å². The van der Waals surface area contributed by atoms with Gasteiger partial charge in [0.1, 0.15) is 17.8 Å².